The molecule has 0 spiro atoms. The topological polar surface area (TPSA) is 67.0 Å². The summed E-state index contributed by atoms with van der Waals surface area (Å²) in [5.41, 5.74) is 0.582. The first-order chi connectivity index (χ1) is 7.58. The monoisotopic (exact) mass is 225 g/mol. The lowest BCUT2D eigenvalue weighted by molar-refractivity contribution is 0.0787. The molecule has 1 heterocycles. The zero-order chi connectivity index (χ0) is 12.0. The molecule has 90 valence electrons. The second kappa shape index (κ2) is 6.27. The average Bonchev–Trinajstić information content (AvgIpc) is 2.15. The Morgan fingerprint density at radius 2 is 2.31 bits per heavy atom. The molecule has 0 amide bonds. The van der Waals surface area contributed by atoms with Crippen molar-refractivity contribution in [3.8, 4) is 0 Å². The Hall–Kier alpha value is -1.36. The van der Waals surface area contributed by atoms with E-state index in [9.17, 15) is 4.79 Å². The van der Waals surface area contributed by atoms with Crippen molar-refractivity contribution < 1.29 is 4.74 Å². The molecule has 0 aliphatic rings. The van der Waals surface area contributed by atoms with Crippen LogP contribution in [0.5, 0.6) is 0 Å². The van der Waals surface area contributed by atoms with E-state index >= 15 is 0 Å². The summed E-state index contributed by atoms with van der Waals surface area (Å²) in [6, 6.07) is 1.47. The van der Waals surface area contributed by atoms with Gasteiger partial charge in [-0.15, -0.1) is 0 Å². The maximum absolute atomic E-state index is 11.1. The molecule has 5 nitrogen and oxygen atoms in total. The van der Waals surface area contributed by atoms with Gasteiger partial charge in [-0.25, -0.2) is 4.98 Å². The molecule has 0 saturated heterocycles. The van der Waals surface area contributed by atoms with Crippen LogP contribution in [0.2, 0.25) is 0 Å². The minimum atomic E-state index is -0.131. The van der Waals surface area contributed by atoms with Crippen LogP contribution in [0.4, 0.5) is 5.95 Å². The van der Waals surface area contributed by atoms with E-state index in [-0.39, 0.29) is 11.7 Å². The minimum absolute atomic E-state index is 0.131. The summed E-state index contributed by atoms with van der Waals surface area (Å²) >= 11 is 0. The number of nitrogens with zero attached hydrogens (tertiary/aromatic N) is 1. The van der Waals surface area contributed by atoms with Crippen molar-refractivity contribution in [2.45, 2.75) is 33.3 Å². The molecule has 0 fully saturated rings. The van der Waals surface area contributed by atoms with Gasteiger partial charge in [0.25, 0.3) is 5.56 Å². The first-order valence-corrected chi connectivity index (χ1v) is 5.51. The first kappa shape index (κ1) is 12.7. The predicted molar refractivity (Wildman–Crippen MR) is 63.8 cm³/mol. The van der Waals surface area contributed by atoms with Gasteiger partial charge in [0.2, 0.25) is 5.95 Å². The van der Waals surface area contributed by atoms with E-state index in [4.69, 9.17) is 4.74 Å². The molecule has 0 aliphatic heterocycles. The summed E-state index contributed by atoms with van der Waals surface area (Å²) in [5, 5.41) is 3.05. The molecule has 1 aromatic rings. The molecular formula is C11H19N3O2. The molecule has 1 rings (SSSR count). The zero-order valence-corrected chi connectivity index (χ0v) is 10.0. The number of ether oxygens (including phenoxy) is 1. The van der Waals surface area contributed by atoms with E-state index in [2.05, 4.69) is 15.3 Å². The van der Waals surface area contributed by atoms with Gasteiger partial charge in [-0.05, 0) is 27.2 Å². The van der Waals surface area contributed by atoms with Crippen LogP contribution in [0.15, 0.2) is 10.9 Å². The summed E-state index contributed by atoms with van der Waals surface area (Å²) in [4.78, 5) is 17.9. The van der Waals surface area contributed by atoms with Crippen LogP contribution in [0, 0.1) is 6.92 Å². The van der Waals surface area contributed by atoms with Crippen LogP contribution >= 0.6 is 0 Å². The van der Waals surface area contributed by atoms with Crippen LogP contribution in [0.25, 0.3) is 0 Å². The van der Waals surface area contributed by atoms with Crippen molar-refractivity contribution in [3.05, 3.63) is 22.1 Å². The fraction of sp³-hybridized carbons (Fsp3) is 0.636. The van der Waals surface area contributed by atoms with Gasteiger partial charge in [0.05, 0.1) is 6.10 Å². The molecule has 5 heteroatoms. The maximum atomic E-state index is 11.1. The lowest BCUT2D eigenvalue weighted by Gasteiger charge is -2.08. The lowest BCUT2D eigenvalue weighted by atomic mass is 10.4. The summed E-state index contributed by atoms with van der Waals surface area (Å²) in [5.74, 6) is 0.523. The third-order valence-corrected chi connectivity index (χ3v) is 1.93. The number of aromatic amines is 1. The molecular weight excluding hydrogens is 206 g/mol. The fourth-order valence-corrected chi connectivity index (χ4v) is 1.26. The Morgan fingerprint density at radius 3 is 2.94 bits per heavy atom. The van der Waals surface area contributed by atoms with Crippen molar-refractivity contribution in [2.24, 2.45) is 0 Å². The van der Waals surface area contributed by atoms with Gasteiger partial charge in [0.1, 0.15) is 0 Å². The number of aromatic nitrogens is 2. The van der Waals surface area contributed by atoms with Crippen molar-refractivity contribution in [2.75, 3.05) is 18.5 Å². The largest absolute Gasteiger partial charge is 0.379 e. The van der Waals surface area contributed by atoms with Gasteiger partial charge < -0.3 is 10.1 Å². The standard InChI is InChI=1S/C11H19N3O2/c1-8(2)16-6-4-5-12-11-13-9(3)7-10(15)14-11/h7-8H,4-6H2,1-3H3,(H2,12,13,14,15). The van der Waals surface area contributed by atoms with Gasteiger partial charge in [-0.1, -0.05) is 0 Å². The molecule has 2 N–H and O–H groups in total. The molecule has 0 aromatic carbocycles. The van der Waals surface area contributed by atoms with Crippen LogP contribution in [-0.4, -0.2) is 29.2 Å². The van der Waals surface area contributed by atoms with Gasteiger partial charge >= 0.3 is 0 Å². The van der Waals surface area contributed by atoms with Gasteiger partial charge in [0.15, 0.2) is 0 Å². The number of aryl methyl sites for hydroxylation is 1. The van der Waals surface area contributed by atoms with E-state index in [1.54, 1.807) is 6.92 Å². The van der Waals surface area contributed by atoms with E-state index < -0.39 is 0 Å². The van der Waals surface area contributed by atoms with E-state index in [0.717, 1.165) is 13.0 Å². The van der Waals surface area contributed by atoms with E-state index in [1.807, 2.05) is 13.8 Å². The third kappa shape index (κ3) is 4.93. The van der Waals surface area contributed by atoms with Crippen molar-refractivity contribution in [1.29, 1.82) is 0 Å². The van der Waals surface area contributed by atoms with Crippen LogP contribution in [0.3, 0.4) is 0 Å². The van der Waals surface area contributed by atoms with Crippen LogP contribution < -0.4 is 10.9 Å². The molecule has 0 radical (unpaired) electrons. The molecule has 0 bridgehead atoms. The zero-order valence-electron chi connectivity index (χ0n) is 10.0. The highest BCUT2D eigenvalue weighted by Gasteiger charge is 1.97. The van der Waals surface area contributed by atoms with Crippen molar-refractivity contribution in [1.82, 2.24) is 9.97 Å². The summed E-state index contributed by atoms with van der Waals surface area (Å²) < 4.78 is 5.39. The number of rotatable bonds is 6. The summed E-state index contributed by atoms with van der Waals surface area (Å²) in [7, 11) is 0. The SMILES string of the molecule is Cc1cc(=O)[nH]c(NCCCOC(C)C)n1. The first-order valence-electron chi connectivity index (χ1n) is 5.51. The molecule has 16 heavy (non-hydrogen) atoms. The Balaban J connectivity index is 2.29. The number of hydrogen-bond donors (Lipinski definition) is 2. The number of anilines is 1. The molecule has 1 aromatic heterocycles. The minimum Gasteiger partial charge on any atom is -0.379 e. The van der Waals surface area contributed by atoms with Gasteiger partial charge in [0, 0.05) is 24.9 Å². The number of hydrogen-bond acceptors (Lipinski definition) is 4. The quantitative estimate of drug-likeness (QED) is 0.716. The second-order valence-corrected chi connectivity index (χ2v) is 3.94. The normalized spacial score (nSPS) is 10.8. The Bertz CT molecular complexity index is 374. The van der Waals surface area contributed by atoms with E-state index in [1.165, 1.54) is 6.07 Å². The molecule has 0 saturated carbocycles. The highest BCUT2D eigenvalue weighted by Crippen LogP contribution is 1.96. The van der Waals surface area contributed by atoms with Gasteiger partial charge in [-0.2, -0.15) is 0 Å². The third-order valence-electron chi connectivity index (χ3n) is 1.93. The highest BCUT2D eigenvalue weighted by atomic mass is 16.5. The van der Waals surface area contributed by atoms with Gasteiger partial charge in [-0.3, -0.25) is 9.78 Å². The molecule has 0 atom stereocenters. The average molecular weight is 225 g/mol. The van der Waals surface area contributed by atoms with Crippen molar-refractivity contribution >= 4 is 5.95 Å². The number of nitrogens with one attached hydrogen (secondary N) is 2. The maximum Gasteiger partial charge on any atom is 0.252 e. The van der Waals surface area contributed by atoms with E-state index in [0.29, 0.717) is 18.2 Å². The highest BCUT2D eigenvalue weighted by molar-refractivity contribution is 5.24. The number of H-pyrrole nitrogens is 1. The van der Waals surface area contributed by atoms with Crippen molar-refractivity contribution in [3.63, 3.8) is 0 Å². The summed E-state index contributed by atoms with van der Waals surface area (Å²) in [6.07, 6.45) is 1.15. The predicted octanol–water partition coefficient (Wildman–Crippen LogP) is 1.31. The Morgan fingerprint density at radius 1 is 1.56 bits per heavy atom. The Labute approximate surface area is 95.3 Å². The fourth-order valence-electron chi connectivity index (χ4n) is 1.26. The lowest BCUT2D eigenvalue weighted by Crippen LogP contribution is -2.15. The molecule has 0 aliphatic carbocycles. The smallest absolute Gasteiger partial charge is 0.252 e. The van der Waals surface area contributed by atoms with Crippen LogP contribution in [0.1, 0.15) is 26.0 Å². The second-order valence-electron chi connectivity index (χ2n) is 3.94. The molecule has 0 unspecified atom stereocenters. The van der Waals surface area contributed by atoms with Crippen LogP contribution in [-0.2, 0) is 4.74 Å². The Kier molecular flexibility index (Phi) is 4.98. The summed E-state index contributed by atoms with van der Waals surface area (Å²) in [6.45, 7) is 7.25.